The summed E-state index contributed by atoms with van der Waals surface area (Å²) >= 11 is 0. The minimum atomic E-state index is -0.509. The van der Waals surface area contributed by atoms with Gasteiger partial charge in [0, 0.05) is 17.7 Å². The van der Waals surface area contributed by atoms with Crippen molar-refractivity contribution in [3.63, 3.8) is 0 Å². The molecule has 0 aromatic heterocycles. The van der Waals surface area contributed by atoms with Gasteiger partial charge < -0.3 is 11.1 Å². The number of aryl methyl sites for hydroxylation is 1. The van der Waals surface area contributed by atoms with Crippen LogP contribution in [0.2, 0.25) is 0 Å². The fourth-order valence-corrected chi connectivity index (χ4v) is 2.78. The van der Waals surface area contributed by atoms with Crippen LogP contribution in [-0.4, -0.2) is 5.91 Å². The van der Waals surface area contributed by atoms with Crippen molar-refractivity contribution in [2.24, 2.45) is 0 Å². The van der Waals surface area contributed by atoms with E-state index in [1.807, 2.05) is 24.3 Å². The fourth-order valence-electron chi connectivity index (χ4n) is 2.78. The first-order valence-corrected chi connectivity index (χ1v) is 7.50. The van der Waals surface area contributed by atoms with E-state index in [4.69, 9.17) is 5.73 Å². The largest absolute Gasteiger partial charge is 0.399 e. The number of benzene rings is 2. The third-order valence-corrected chi connectivity index (χ3v) is 4.19. The summed E-state index contributed by atoms with van der Waals surface area (Å²) in [4.78, 5) is 12.2. The van der Waals surface area contributed by atoms with Gasteiger partial charge in [-0.1, -0.05) is 36.4 Å². The van der Waals surface area contributed by atoms with Crippen molar-refractivity contribution in [1.82, 2.24) is 5.32 Å². The van der Waals surface area contributed by atoms with Crippen LogP contribution >= 0.6 is 0 Å². The van der Waals surface area contributed by atoms with E-state index < -0.39 is 5.54 Å². The Labute approximate surface area is 129 Å². The Hall–Kier alpha value is -2.36. The van der Waals surface area contributed by atoms with Crippen LogP contribution in [0.5, 0.6) is 0 Å². The Morgan fingerprint density at radius 2 is 1.82 bits per heavy atom. The van der Waals surface area contributed by atoms with Gasteiger partial charge in [-0.25, -0.2) is 4.39 Å². The molecule has 0 saturated heterocycles. The van der Waals surface area contributed by atoms with Gasteiger partial charge in [0.25, 0.3) is 0 Å². The first kappa shape index (κ1) is 14.6. The third-order valence-electron chi connectivity index (χ3n) is 4.19. The first-order chi connectivity index (χ1) is 10.6. The molecule has 3 N–H and O–H groups in total. The van der Waals surface area contributed by atoms with Crippen molar-refractivity contribution in [3.05, 3.63) is 65.5 Å². The molecule has 2 aromatic rings. The summed E-state index contributed by atoms with van der Waals surface area (Å²) in [6.07, 6.45) is 2.51. The molecular weight excluding hydrogens is 279 g/mol. The molecule has 114 valence electrons. The Morgan fingerprint density at radius 3 is 2.50 bits per heavy atom. The molecule has 0 heterocycles. The lowest BCUT2D eigenvalue weighted by Crippen LogP contribution is -2.35. The summed E-state index contributed by atoms with van der Waals surface area (Å²) < 4.78 is 13.9. The fraction of sp³-hybridized carbons (Fsp3) is 0.278. The van der Waals surface area contributed by atoms with Crippen molar-refractivity contribution >= 4 is 11.6 Å². The van der Waals surface area contributed by atoms with Crippen LogP contribution in [0.15, 0.2) is 48.5 Å². The quantitative estimate of drug-likeness (QED) is 0.833. The number of carbonyl (C=O) groups is 1. The maximum atomic E-state index is 13.9. The summed E-state index contributed by atoms with van der Waals surface area (Å²) in [5, 5.41) is 2.99. The van der Waals surface area contributed by atoms with E-state index in [1.54, 1.807) is 18.2 Å². The van der Waals surface area contributed by atoms with Gasteiger partial charge in [0.05, 0.1) is 5.54 Å². The number of hydrogen-bond donors (Lipinski definition) is 2. The molecule has 22 heavy (non-hydrogen) atoms. The molecular formula is C18H19FN2O. The van der Waals surface area contributed by atoms with E-state index in [0.717, 1.165) is 18.4 Å². The molecule has 0 bridgehead atoms. The topological polar surface area (TPSA) is 55.1 Å². The molecule has 0 atom stereocenters. The molecule has 0 aliphatic heterocycles. The van der Waals surface area contributed by atoms with Crippen molar-refractivity contribution in [2.45, 2.75) is 31.2 Å². The summed E-state index contributed by atoms with van der Waals surface area (Å²) in [5.41, 5.74) is 7.62. The number of nitrogens with one attached hydrogen (secondary N) is 1. The highest BCUT2D eigenvalue weighted by molar-refractivity contribution is 5.78. The average molecular weight is 298 g/mol. The van der Waals surface area contributed by atoms with E-state index in [-0.39, 0.29) is 11.7 Å². The number of rotatable bonds is 5. The van der Waals surface area contributed by atoms with Gasteiger partial charge in [0.15, 0.2) is 0 Å². The number of carbonyl (C=O) groups excluding carboxylic acids is 1. The van der Waals surface area contributed by atoms with Gasteiger partial charge in [-0.15, -0.1) is 0 Å². The maximum absolute atomic E-state index is 13.9. The molecule has 1 fully saturated rings. The molecule has 1 saturated carbocycles. The van der Waals surface area contributed by atoms with Gasteiger partial charge in [-0.2, -0.15) is 0 Å². The van der Waals surface area contributed by atoms with Crippen molar-refractivity contribution in [2.75, 3.05) is 5.73 Å². The highest BCUT2D eigenvalue weighted by Gasteiger charge is 2.47. The minimum absolute atomic E-state index is 0.0657. The van der Waals surface area contributed by atoms with Crippen LogP contribution in [0.1, 0.15) is 30.4 Å². The molecule has 1 aliphatic carbocycles. The molecule has 0 radical (unpaired) electrons. The van der Waals surface area contributed by atoms with Crippen LogP contribution in [0.25, 0.3) is 0 Å². The highest BCUT2D eigenvalue weighted by atomic mass is 19.1. The zero-order chi connectivity index (χ0) is 15.6. The SMILES string of the molecule is Nc1ccccc1CCC(=O)NC1(c2ccccc2F)CC1. The average Bonchev–Trinajstić information content (AvgIpc) is 3.27. The Kier molecular flexibility index (Phi) is 3.84. The lowest BCUT2D eigenvalue weighted by atomic mass is 10.0. The molecule has 2 aromatic carbocycles. The monoisotopic (exact) mass is 298 g/mol. The van der Waals surface area contributed by atoms with Gasteiger partial charge in [0.2, 0.25) is 5.91 Å². The van der Waals surface area contributed by atoms with Crippen molar-refractivity contribution in [3.8, 4) is 0 Å². The van der Waals surface area contributed by atoms with Crippen LogP contribution in [-0.2, 0) is 16.8 Å². The smallest absolute Gasteiger partial charge is 0.221 e. The number of amides is 1. The van der Waals surface area contributed by atoms with E-state index in [0.29, 0.717) is 24.1 Å². The molecule has 1 amide bonds. The van der Waals surface area contributed by atoms with Crippen LogP contribution < -0.4 is 11.1 Å². The molecule has 4 heteroatoms. The maximum Gasteiger partial charge on any atom is 0.221 e. The molecule has 0 spiro atoms. The van der Waals surface area contributed by atoms with Crippen LogP contribution in [0.4, 0.5) is 10.1 Å². The Balaban J connectivity index is 1.63. The molecule has 3 rings (SSSR count). The second-order valence-electron chi connectivity index (χ2n) is 5.81. The standard InChI is InChI=1S/C18H19FN2O/c19-15-7-3-2-6-14(15)18(11-12-18)21-17(22)10-9-13-5-1-4-8-16(13)20/h1-8H,9-12,20H2,(H,21,22). The third kappa shape index (κ3) is 2.96. The lowest BCUT2D eigenvalue weighted by Gasteiger charge is -2.18. The van der Waals surface area contributed by atoms with Crippen LogP contribution in [0, 0.1) is 5.82 Å². The number of nitrogens with two attached hydrogens (primary N) is 1. The highest BCUT2D eigenvalue weighted by Crippen LogP contribution is 2.46. The number of halogens is 1. The van der Waals surface area contributed by atoms with Gasteiger partial charge in [-0.3, -0.25) is 4.79 Å². The first-order valence-electron chi connectivity index (χ1n) is 7.50. The normalized spacial score (nSPS) is 15.3. The van der Waals surface area contributed by atoms with E-state index in [2.05, 4.69) is 5.32 Å². The van der Waals surface area contributed by atoms with Crippen LogP contribution in [0.3, 0.4) is 0 Å². The summed E-state index contributed by atoms with van der Waals surface area (Å²) in [6.45, 7) is 0. The zero-order valence-corrected chi connectivity index (χ0v) is 12.3. The van der Waals surface area contributed by atoms with E-state index in [9.17, 15) is 9.18 Å². The number of para-hydroxylation sites is 1. The predicted octanol–water partition coefficient (Wildman–Crippen LogP) is 3.15. The Morgan fingerprint density at radius 1 is 1.14 bits per heavy atom. The van der Waals surface area contributed by atoms with E-state index >= 15 is 0 Å². The van der Waals surface area contributed by atoms with Crippen molar-refractivity contribution in [1.29, 1.82) is 0 Å². The summed E-state index contributed by atoms with van der Waals surface area (Å²) in [6, 6.07) is 14.2. The number of hydrogen-bond acceptors (Lipinski definition) is 2. The van der Waals surface area contributed by atoms with Gasteiger partial charge in [-0.05, 0) is 37.0 Å². The minimum Gasteiger partial charge on any atom is -0.399 e. The predicted molar refractivity (Wildman–Crippen MR) is 84.6 cm³/mol. The van der Waals surface area contributed by atoms with E-state index in [1.165, 1.54) is 6.07 Å². The zero-order valence-electron chi connectivity index (χ0n) is 12.3. The van der Waals surface area contributed by atoms with Crippen molar-refractivity contribution < 1.29 is 9.18 Å². The molecule has 0 unspecified atom stereocenters. The summed E-state index contributed by atoms with van der Waals surface area (Å²) in [7, 11) is 0. The second kappa shape index (κ2) is 5.79. The van der Waals surface area contributed by atoms with Gasteiger partial charge >= 0.3 is 0 Å². The molecule has 1 aliphatic rings. The number of nitrogen functional groups attached to an aromatic ring is 1. The number of anilines is 1. The lowest BCUT2D eigenvalue weighted by molar-refractivity contribution is -0.122. The Bertz CT molecular complexity index is 695. The molecule has 3 nitrogen and oxygen atoms in total. The summed E-state index contributed by atoms with van der Waals surface area (Å²) in [5.74, 6) is -0.323. The van der Waals surface area contributed by atoms with Gasteiger partial charge in [0.1, 0.15) is 5.82 Å². The second-order valence-corrected chi connectivity index (χ2v) is 5.81.